The predicted octanol–water partition coefficient (Wildman–Crippen LogP) is 2.91. The maximum atomic E-state index is 5.75. The molecule has 0 saturated heterocycles. The molecule has 0 aromatic heterocycles. The lowest BCUT2D eigenvalue weighted by atomic mass is 10.2. The van der Waals surface area contributed by atoms with Crippen molar-refractivity contribution in [1.29, 1.82) is 0 Å². The second kappa shape index (κ2) is 6.75. The number of ether oxygens (including phenoxy) is 1. The van der Waals surface area contributed by atoms with Crippen molar-refractivity contribution in [3.63, 3.8) is 0 Å². The first-order valence-electron chi connectivity index (χ1n) is 5.27. The molecule has 15 heavy (non-hydrogen) atoms. The van der Waals surface area contributed by atoms with Gasteiger partial charge in [0.15, 0.2) is 0 Å². The van der Waals surface area contributed by atoms with Crippen LogP contribution in [0.3, 0.4) is 0 Å². The summed E-state index contributed by atoms with van der Waals surface area (Å²) in [6.45, 7) is 2.82. The van der Waals surface area contributed by atoms with Gasteiger partial charge in [0.05, 0.1) is 6.10 Å². The molecule has 0 aliphatic carbocycles. The molecule has 0 amide bonds. The number of rotatable bonds is 6. The Labute approximate surface area is 96.2 Å². The van der Waals surface area contributed by atoms with E-state index in [1.807, 2.05) is 12.1 Å². The zero-order valence-electron chi connectivity index (χ0n) is 9.40. The molecule has 2 nitrogen and oxygen atoms in total. The Morgan fingerprint density at radius 3 is 2.53 bits per heavy atom. The van der Waals surface area contributed by atoms with Crippen LogP contribution in [0.15, 0.2) is 29.2 Å². The van der Waals surface area contributed by atoms with Gasteiger partial charge in [0.25, 0.3) is 0 Å². The molecule has 1 rings (SSSR count). The minimum Gasteiger partial charge on any atom is -0.491 e. The average Bonchev–Trinajstić information content (AvgIpc) is 2.27. The van der Waals surface area contributed by atoms with Gasteiger partial charge in [-0.3, -0.25) is 0 Å². The third-order valence-corrected chi connectivity index (χ3v) is 2.96. The van der Waals surface area contributed by atoms with Crippen LogP contribution in [0.5, 0.6) is 5.75 Å². The number of nitrogens with two attached hydrogens (primary N) is 1. The molecule has 0 fully saturated rings. The summed E-state index contributed by atoms with van der Waals surface area (Å²) in [7, 11) is 0. The molecule has 0 spiro atoms. The zero-order valence-corrected chi connectivity index (χ0v) is 10.2. The van der Waals surface area contributed by atoms with Crippen molar-refractivity contribution in [3.8, 4) is 5.75 Å². The van der Waals surface area contributed by atoms with Crippen molar-refractivity contribution in [2.45, 2.75) is 30.8 Å². The van der Waals surface area contributed by atoms with E-state index in [1.165, 1.54) is 4.90 Å². The summed E-state index contributed by atoms with van der Waals surface area (Å²) in [6.07, 6.45) is 4.35. The molecule has 0 aliphatic rings. The lowest BCUT2D eigenvalue weighted by Crippen LogP contribution is -2.13. The van der Waals surface area contributed by atoms with Gasteiger partial charge in [-0.2, -0.15) is 0 Å². The lowest BCUT2D eigenvalue weighted by Gasteiger charge is -2.14. The van der Waals surface area contributed by atoms with Crippen LogP contribution in [0.1, 0.15) is 19.8 Å². The molecule has 3 heteroatoms. The molecule has 0 heterocycles. The van der Waals surface area contributed by atoms with Gasteiger partial charge in [0, 0.05) is 4.90 Å². The maximum Gasteiger partial charge on any atom is 0.119 e. The van der Waals surface area contributed by atoms with E-state index in [2.05, 4.69) is 25.3 Å². The summed E-state index contributed by atoms with van der Waals surface area (Å²) in [5.41, 5.74) is 5.45. The first kappa shape index (κ1) is 12.4. The smallest absolute Gasteiger partial charge is 0.119 e. The summed E-state index contributed by atoms with van der Waals surface area (Å²) < 4.78 is 5.75. The van der Waals surface area contributed by atoms with Crippen LogP contribution in [0.25, 0.3) is 0 Å². The van der Waals surface area contributed by atoms with E-state index in [-0.39, 0.29) is 6.10 Å². The quantitative estimate of drug-likeness (QED) is 0.756. The molecular weight excluding hydrogens is 206 g/mol. The molecule has 2 N–H and O–H groups in total. The van der Waals surface area contributed by atoms with Crippen LogP contribution >= 0.6 is 11.8 Å². The van der Waals surface area contributed by atoms with Crippen molar-refractivity contribution in [3.05, 3.63) is 24.3 Å². The summed E-state index contributed by atoms with van der Waals surface area (Å²) in [5.74, 6) is 0.942. The van der Waals surface area contributed by atoms with Crippen LogP contribution in [0, 0.1) is 0 Å². The number of benzene rings is 1. The van der Waals surface area contributed by atoms with Crippen molar-refractivity contribution >= 4 is 11.8 Å². The summed E-state index contributed by atoms with van der Waals surface area (Å²) in [6, 6.07) is 8.20. The lowest BCUT2D eigenvalue weighted by molar-refractivity contribution is 0.208. The van der Waals surface area contributed by atoms with Crippen molar-refractivity contribution in [2.75, 3.05) is 12.8 Å². The Balaban J connectivity index is 2.42. The minimum absolute atomic E-state index is 0.244. The largest absolute Gasteiger partial charge is 0.491 e. The average molecular weight is 225 g/mol. The Kier molecular flexibility index (Phi) is 5.58. The molecule has 84 valence electrons. The molecule has 1 aromatic rings. The van der Waals surface area contributed by atoms with Gasteiger partial charge in [-0.25, -0.2) is 0 Å². The van der Waals surface area contributed by atoms with Crippen LogP contribution < -0.4 is 10.5 Å². The van der Waals surface area contributed by atoms with Gasteiger partial charge in [-0.15, -0.1) is 11.8 Å². The SMILES string of the molecule is CSc1ccc(OC(C)CCCN)cc1. The molecule has 1 unspecified atom stereocenters. The second-order valence-corrected chi connectivity index (χ2v) is 4.41. The van der Waals surface area contributed by atoms with E-state index < -0.39 is 0 Å². The van der Waals surface area contributed by atoms with Crippen LogP contribution in [-0.2, 0) is 0 Å². The van der Waals surface area contributed by atoms with E-state index in [9.17, 15) is 0 Å². The van der Waals surface area contributed by atoms with Crippen LogP contribution in [-0.4, -0.2) is 18.9 Å². The Bertz CT molecular complexity index is 273. The highest BCUT2D eigenvalue weighted by Crippen LogP contribution is 2.20. The molecule has 0 radical (unpaired) electrons. The van der Waals surface area contributed by atoms with Crippen molar-refractivity contribution in [1.82, 2.24) is 0 Å². The van der Waals surface area contributed by atoms with Gasteiger partial charge >= 0.3 is 0 Å². The topological polar surface area (TPSA) is 35.2 Å². The van der Waals surface area contributed by atoms with Crippen molar-refractivity contribution in [2.24, 2.45) is 5.73 Å². The van der Waals surface area contributed by atoms with Gasteiger partial charge in [0.1, 0.15) is 5.75 Å². The van der Waals surface area contributed by atoms with E-state index >= 15 is 0 Å². The van der Waals surface area contributed by atoms with E-state index in [1.54, 1.807) is 11.8 Å². The molecule has 1 atom stereocenters. The van der Waals surface area contributed by atoms with E-state index in [4.69, 9.17) is 10.5 Å². The number of hydrogen-bond acceptors (Lipinski definition) is 3. The summed E-state index contributed by atoms with van der Waals surface area (Å²) in [4.78, 5) is 1.26. The first-order valence-corrected chi connectivity index (χ1v) is 6.49. The van der Waals surface area contributed by atoms with E-state index in [0.29, 0.717) is 0 Å². The third-order valence-electron chi connectivity index (χ3n) is 2.21. The first-order chi connectivity index (χ1) is 7.26. The molecule has 0 aliphatic heterocycles. The highest BCUT2D eigenvalue weighted by molar-refractivity contribution is 7.98. The van der Waals surface area contributed by atoms with Gasteiger partial charge in [-0.05, 0) is 56.8 Å². The fourth-order valence-corrected chi connectivity index (χ4v) is 1.76. The Morgan fingerprint density at radius 1 is 1.33 bits per heavy atom. The summed E-state index contributed by atoms with van der Waals surface area (Å²) >= 11 is 1.74. The normalized spacial score (nSPS) is 12.5. The predicted molar refractivity (Wildman–Crippen MR) is 66.6 cm³/mol. The Morgan fingerprint density at radius 2 is 2.00 bits per heavy atom. The molecule has 0 saturated carbocycles. The third kappa shape index (κ3) is 4.58. The van der Waals surface area contributed by atoms with Gasteiger partial charge in [0.2, 0.25) is 0 Å². The van der Waals surface area contributed by atoms with E-state index in [0.717, 1.165) is 25.1 Å². The highest BCUT2D eigenvalue weighted by atomic mass is 32.2. The van der Waals surface area contributed by atoms with Gasteiger partial charge < -0.3 is 10.5 Å². The number of hydrogen-bond donors (Lipinski definition) is 1. The van der Waals surface area contributed by atoms with Crippen molar-refractivity contribution < 1.29 is 4.74 Å². The minimum atomic E-state index is 0.244. The highest BCUT2D eigenvalue weighted by Gasteiger charge is 2.02. The second-order valence-electron chi connectivity index (χ2n) is 3.53. The summed E-state index contributed by atoms with van der Waals surface area (Å²) in [5, 5.41) is 0. The molecule has 1 aromatic carbocycles. The van der Waals surface area contributed by atoms with Crippen LogP contribution in [0.4, 0.5) is 0 Å². The van der Waals surface area contributed by atoms with Crippen LogP contribution in [0.2, 0.25) is 0 Å². The molecular formula is C12H19NOS. The maximum absolute atomic E-state index is 5.75. The monoisotopic (exact) mass is 225 g/mol. The Hall–Kier alpha value is -0.670. The van der Waals surface area contributed by atoms with Gasteiger partial charge in [-0.1, -0.05) is 0 Å². The number of thioether (sulfide) groups is 1. The fourth-order valence-electron chi connectivity index (χ4n) is 1.35. The standard InChI is InChI=1S/C12H19NOS/c1-10(4-3-9-13)14-11-5-7-12(15-2)8-6-11/h5-8,10H,3-4,9,13H2,1-2H3. The fraction of sp³-hybridized carbons (Fsp3) is 0.500. The molecule has 0 bridgehead atoms. The zero-order chi connectivity index (χ0) is 11.1.